The predicted molar refractivity (Wildman–Crippen MR) is 33.4 cm³/mol. The lowest BCUT2D eigenvalue weighted by atomic mass is 10.1. The lowest BCUT2D eigenvalue weighted by Crippen LogP contribution is -2.30. The smallest absolute Gasteiger partial charge is 0.0615 e. The summed E-state index contributed by atoms with van der Waals surface area (Å²) in [6, 6.07) is 0. The van der Waals surface area contributed by atoms with Gasteiger partial charge in [-0.05, 0) is 25.9 Å². The van der Waals surface area contributed by atoms with Gasteiger partial charge in [-0.2, -0.15) is 0 Å². The Morgan fingerprint density at radius 3 is 2.12 bits per heavy atom. The van der Waals surface area contributed by atoms with E-state index in [0.29, 0.717) is 6.67 Å². The molecule has 0 aromatic rings. The maximum Gasteiger partial charge on any atom is 0.0615 e. The van der Waals surface area contributed by atoms with Gasteiger partial charge >= 0.3 is 0 Å². The second kappa shape index (κ2) is 3.05. The van der Waals surface area contributed by atoms with Gasteiger partial charge in [0.25, 0.3) is 0 Å². The Bertz CT molecular complexity index is 57.5. The average Bonchev–Trinajstić information content (AvgIpc) is 1.90. The van der Waals surface area contributed by atoms with E-state index in [1.165, 1.54) is 19.3 Å². The van der Waals surface area contributed by atoms with Gasteiger partial charge in [0, 0.05) is 0 Å². The molecule has 0 aromatic heterocycles. The van der Waals surface area contributed by atoms with Gasteiger partial charge in [-0.3, -0.25) is 4.90 Å². The van der Waals surface area contributed by atoms with Gasteiger partial charge in [-0.1, -0.05) is 6.42 Å². The molecule has 1 radical (unpaired) electrons. The molecule has 1 saturated heterocycles. The van der Waals surface area contributed by atoms with Crippen molar-refractivity contribution in [2.75, 3.05) is 19.8 Å². The average molecular weight is 113 g/mol. The molecule has 0 aromatic carbocycles. The van der Waals surface area contributed by atoms with Crippen molar-refractivity contribution in [2.45, 2.75) is 19.3 Å². The SMILES string of the molecule is [NH]CN1CCCCC1. The Balaban J connectivity index is 2.13. The maximum absolute atomic E-state index is 7.02. The molecule has 0 amide bonds. The first-order valence-electron chi connectivity index (χ1n) is 3.30. The van der Waals surface area contributed by atoms with Crippen molar-refractivity contribution < 1.29 is 0 Å². The molecule has 0 unspecified atom stereocenters. The van der Waals surface area contributed by atoms with Crippen molar-refractivity contribution in [3.63, 3.8) is 0 Å². The summed E-state index contributed by atoms with van der Waals surface area (Å²) in [5.41, 5.74) is 7.02. The van der Waals surface area contributed by atoms with Crippen LogP contribution in [0.3, 0.4) is 0 Å². The van der Waals surface area contributed by atoms with Crippen LogP contribution in [-0.4, -0.2) is 24.7 Å². The van der Waals surface area contributed by atoms with E-state index >= 15 is 0 Å². The molecule has 8 heavy (non-hydrogen) atoms. The molecule has 1 rings (SSSR count). The number of piperidine rings is 1. The summed E-state index contributed by atoms with van der Waals surface area (Å²) in [6.45, 7) is 2.81. The first-order chi connectivity index (χ1) is 3.93. The van der Waals surface area contributed by atoms with Crippen LogP contribution >= 0.6 is 0 Å². The van der Waals surface area contributed by atoms with Crippen LogP contribution in [0.1, 0.15) is 19.3 Å². The van der Waals surface area contributed by atoms with Crippen LogP contribution in [0.25, 0.3) is 0 Å². The third-order valence-electron chi connectivity index (χ3n) is 1.67. The Morgan fingerprint density at radius 1 is 1.12 bits per heavy atom. The summed E-state index contributed by atoms with van der Waals surface area (Å²) in [5.74, 6) is 0. The molecule has 2 nitrogen and oxygen atoms in total. The minimum atomic E-state index is 0.500. The van der Waals surface area contributed by atoms with Crippen LogP contribution in [0.15, 0.2) is 0 Å². The van der Waals surface area contributed by atoms with Gasteiger partial charge in [-0.15, -0.1) is 0 Å². The molecule has 1 aliphatic heterocycles. The lowest BCUT2D eigenvalue weighted by Gasteiger charge is -2.23. The number of rotatable bonds is 1. The van der Waals surface area contributed by atoms with Gasteiger partial charge in [0.15, 0.2) is 0 Å². The summed E-state index contributed by atoms with van der Waals surface area (Å²) < 4.78 is 0. The number of hydrogen-bond acceptors (Lipinski definition) is 1. The van der Waals surface area contributed by atoms with Crippen LogP contribution in [0, 0.1) is 0 Å². The molecule has 1 fully saturated rings. The molecule has 1 heterocycles. The highest BCUT2D eigenvalue weighted by molar-refractivity contribution is 4.60. The predicted octanol–water partition coefficient (Wildman–Crippen LogP) is 0.713. The summed E-state index contributed by atoms with van der Waals surface area (Å²) >= 11 is 0. The van der Waals surface area contributed by atoms with Crippen molar-refractivity contribution >= 4 is 0 Å². The van der Waals surface area contributed by atoms with Crippen LogP contribution in [0.5, 0.6) is 0 Å². The zero-order valence-corrected chi connectivity index (χ0v) is 5.19. The lowest BCUT2D eigenvalue weighted by molar-refractivity contribution is 0.231. The molecule has 0 aliphatic carbocycles. The number of nitrogens with one attached hydrogen (secondary N) is 1. The largest absolute Gasteiger partial charge is 0.290 e. The van der Waals surface area contributed by atoms with Crippen LogP contribution < -0.4 is 5.73 Å². The third kappa shape index (κ3) is 1.46. The standard InChI is InChI=1S/C6H13N2/c7-6-8-4-2-1-3-5-8/h7H,1-6H2. The molecule has 1 N–H and O–H groups in total. The van der Waals surface area contributed by atoms with Crippen molar-refractivity contribution in [1.82, 2.24) is 10.6 Å². The van der Waals surface area contributed by atoms with Crippen LogP contribution in [-0.2, 0) is 0 Å². The molecule has 1 aliphatic rings. The second-order valence-electron chi connectivity index (χ2n) is 2.34. The molecular formula is C6H13N2. The fraction of sp³-hybridized carbons (Fsp3) is 1.00. The second-order valence-corrected chi connectivity index (χ2v) is 2.34. The van der Waals surface area contributed by atoms with E-state index in [2.05, 4.69) is 4.90 Å². The van der Waals surface area contributed by atoms with Gasteiger partial charge in [0.2, 0.25) is 0 Å². The molecule has 47 valence electrons. The Morgan fingerprint density at radius 2 is 1.75 bits per heavy atom. The fourth-order valence-electron chi connectivity index (χ4n) is 1.12. The van der Waals surface area contributed by atoms with Gasteiger partial charge in [-0.25, -0.2) is 5.73 Å². The topological polar surface area (TPSA) is 27.0 Å². The maximum atomic E-state index is 7.02. The van der Waals surface area contributed by atoms with Gasteiger partial charge in [0.1, 0.15) is 0 Å². The molecule has 0 atom stereocenters. The first-order valence-corrected chi connectivity index (χ1v) is 3.30. The van der Waals surface area contributed by atoms with E-state index in [1.54, 1.807) is 0 Å². The van der Waals surface area contributed by atoms with E-state index in [0.717, 1.165) is 13.1 Å². The van der Waals surface area contributed by atoms with E-state index in [1.807, 2.05) is 0 Å². The highest BCUT2D eigenvalue weighted by atomic mass is 15.2. The van der Waals surface area contributed by atoms with Crippen molar-refractivity contribution in [3.8, 4) is 0 Å². The Hall–Kier alpha value is -0.0800. The Labute approximate surface area is 50.7 Å². The third-order valence-corrected chi connectivity index (χ3v) is 1.67. The zero-order chi connectivity index (χ0) is 5.82. The summed E-state index contributed by atoms with van der Waals surface area (Å²) in [6.07, 6.45) is 3.98. The highest BCUT2D eigenvalue weighted by Gasteiger charge is 2.06. The molecule has 2 heteroatoms. The van der Waals surface area contributed by atoms with Gasteiger partial charge in [0.05, 0.1) is 6.67 Å². The fourth-order valence-corrected chi connectivity index (χ4v) is 1.12. The molecule has 0 bridgehead atoms. The van der Waals surface area contributed by atoms with Crippen LogP contribution in [0.2, 0.25) is 0 Å². The molecule has 0 saturated carbocycles. The van der Waals surface area contributed by atoms with E-state index < -0.39 is 0 Å². The van der Waals surface area contributed by atoms with E-state index in [4.69, 9.17) is 5.73 Å². The summed E-state index contributed by atoms with van der Waals surface area (Å²) in [7, 11) is 0. The molecule has 0 spiro atoms. The normalized spacial score (nSPS) is 23.6. The van der Waals surface area contributed by atoms with Crippen molar-refractivity contribution in [3.05, 3.63) is 0 Å². The van der Waals surface area contributed by atoms with Gasteiger partial charge < -0.3 is 0 Å². The summed E-state index contributed by atoms with van der Waals surface area (Å²) in [4.78, 5) is 2.18. The number of nitrogens with zero attached hydrogens (tertiary/aromatic N) is 1. The number of hydrogen-bond donors (Lipinski definition) is 0. The number of likely N-dealkylation sites (tertiary alicyclic amines) is 1. The highest BCUT2D eigenvalue weighted by Crippen LogP contribution is 2.06. The minimum Gasteiger partial charge on any atom is -0.290 e. The molecular weight excluding hydrogens is 100 g/mol. The minimum absolute atomic E-state index is 0.500. The van der Waals surface area contributed by atoms with Crippen LogP contribution in [0.4, 0.5) is 0 Å². The summed E-state index contributed by atoms with van der Waals surface area (Å²) in [5, 5.41) is 0. The van der Waals surface area contributed by atoms with E-state index in [-0.39, 0.29) is 0 Å². The quantitative estimate of drug-likeness (QED) is 0.492. The van der Waals surface area contributed by atoms with E-state index in [9.17, 15) is 0 Å². The zero-order valence-electron chi connectivity index (χ0n) is 5.19. The Kier molecular flexibility index (Phi) is 2.30. The first kappa shape index (κ1) is 6.05. The van der Waals surface area contributed by atoms with Crippen molar-refractivity contribution in [2.24, 2.45) is 0 Å². The van der Waals surface area contributed by atoms with Crippen molar-refractivity contribution in [1.29, 1.82) is 0 Å². The monoisotopic (exact) mass is 113 g/mol.